The van der Waals surface area contributed by atoms with E-state index in [1.165, 1.54) is 12.1 Å². The van der Waals surface area contributed by atoms with E-state index in [1.54, 1.807) is 23.5 Å². The van der Waals surface area contributed by atoms with Crippen LogP contribution < -0.4 is 4.74 Å². The van der Waals surface area contributed by atoms with Gasteiger partial charge in [-0.15, -0.1) is 11.3 Å². The minimum absolute atomic E-state index is 0.224. The van der Waals surface area contributed by atoms with Crippen molar-refractivity contribution in [2.75, 3.05) is 0 Å². The molecule has 0 bridgehead atoms. The monoisotopic (exact) mass is 412 g/mol. The number of halogens is 2. The lowest BCUT2D eigenvalue weighted by Gasteiger charge is -2.06. The average molecular weight is 413 g/mol. The fourth-order valence-electron chi connectivity index (χ4n) is 2.66. The van der Waals surface area contributed by atoms with Crippen molar-refractivity contribution in [2.24, 2.45) is 0 Å². The molecule has 0 N–H and O–H groups in total. The molecule has 0 aliphatic rings. The van der Waals surface area contributed by atoms with Gasteiger partial charge in [-0.3, -0.25) is 0 Å². The molecule has 124 valence electrons. The Morgan fingerprint density at radius 1 is 0.920 bits per heavy atom. The second-order valence-corrected chi connectivity index (χ2v) is 7.53. The summed E-state index contributed by atoms with van der Waals surface area (Å²) in [7, 11) is 0. The zero-order valence-electron chi connectivity index (χ0n) is 13.2. The summed E-state index contributed by atoms with van der Waals surface area (Å²) in [5.41, 5.74) is 2.14. The molecular weight excluding hydrogens is 399 g/mol. The summed E-state index contributed by atoms with van der Waals surface area (Å²) in [5.74, 6) is 0.619. The van der Waals surface area contributed by atoms with Gasteiger partial charge < -0.3 is 4.74 Å². The van der Waals surface area contributed by atoms with Crippen LogP contribution in [-0.4, -0.2) is 0 Å². The van der Waals surface area contributed by atoms with Crippen molar-refractivity contribution >= 4 is 37.4 Å². The minimum atomic E-state index is -0.224. The summed E-state index contributed by atoms with van der Waals surface area (Å²) in [6.45, 7) is 0.545. The standard InChI is InChI=1S/C21H14BrFOS/c22-20-18-11-10-17(24-13-14-4-2-1-3-5-14)12-19(18)25-21(20)15-6-8-16(23)9-7-15/h1-12H,13H2. The summed E-state index contributed by atoms with van der Waals surface area (Å²) in [4.78, 5) is 1.09. The Bertz CT molecular complexity index is 1010. The molecule has 0 saturated carbocycles. The highest BCUT2D eigenvalue weighted by atomic mass is 79.9. The highest BCUT2D eigenvalue weighted by Crippen LogP contribution is 2.43. The molecule has 0 spiro atoms. The molecule has 25 heavy (non-hydrogen) atoms. The van der Waals surface area contributed by atoms with Crippen LogP contribution in [0.4, 0.5) is 4.39 Å². The third-order valence-electron chi connectivity index (χ3n) is 3.96. The zero-order valence-corrected chi connectivity index (χ0v) is 15.6. The number of thiophene rings is 1. The van der Waals surface area contributed by atoms with Crippen LogP contribution in [0.5, 0.6) is 5.75 Å². The number of fused-ring (bicyclic) bond motifs is 1. The maximum absolute atomic E-state index is 13.2. The number of benzene rings is 3. The van der Waals surface area contributed by atoms with E-state index >= 15 is 0 Å². The van der Waals surface area contributed by atoms with E-state index < -0.39 is 0 Å². The van der Waals surface area contributed by atoms with Crippen LogP contribution in [0.25, 0.3) is 20.5 Å². The number of hydrogen-bond acceptors (Lipinski definition) is 2. The van der Waals surface area contributed by atoms with Gasteiger partial charge in [-0.25, -0.2) is 4.39 Å². The molecule has 0 radical (unpaired) electrons. The summed E-state index contributed by atoms with van der Waals surface area (Å²) in [5, 5.41) is 1.14. The second kappa shape index (κ2) is 6.98. The van der Waals surface area contributed by atoms with Crippen LogP contribution in [0.2, 0.25) is 0 Å². The lowest BCUT2D eigenvalue weighted by atomic mass is 10.1. The molecule has 0 fully saturated rings. The van der Waals surface area contributed by atoms with Gasteiger partial charge in [0.2, 0.25) is 0 Å². The van der Waals surface area contributed by atoms with E-state index in [2.05, 4.69) is 28.1 Å². The number of hydrogen-bond donors (Lipinski definition) is 0. The SMILES string of the molecule is Fc1ccc(-c2sc3cc(OCc4ccccc4)ccc3c2Br)cc1. The quantitative estimate of drug-likeness (QED) is 0.348. The van der Waals surface area contributed by atoms with Crippen LogP contribution in [0.1, 0.15) is 5.56 Å². The first-order chi connectivity index (χ1) is 12.2. The second-order valence-electron chi connectivity index (χ2n) is 5.68. The van der Waals surface area contributed by atoms with Crippen molar-refractivity contribution < 1.29 is 9.13 Å². The van der Waals surface area contributed by atoms with Crippen LogP contribution in [0.15, 0.2) is 77.3 Å². The molecule has 1 aromatic heterocycles. The lowest BCUT2D eigenvalue weighted by molar-refractivity contribution is 0.306. The summed E-state index contributed by atoms with van der Waals surface area (Å²) >= 11 is 5.35. The predicted molar refractivity (Wildman–Crippen MR) is 106 cm³/mol. The van der Waals surface area contributed by atoms with Gasteiger partial charge in [0.1, 0.15) is 18.2 Å². The van der Waals surface area contributed by atoms with Gasteiger partial charge in [-0.2, -0.15) is 0 Å². The third-order valence-corrected chi connectivity index (χ3v) is 6.24. The normalized spacial score (nSPS) is 11.0. The van der Waals surface area contributed by atoms with Crippen molar-refractivity contribution in [3.8, 4) is 16.2 Å². The molecule has 0 saturated heterocycles. The fourth-order valence-corrected chi connectivity index (χ4v) is 4.74. The van der Waals surface area contributed by atoms with Gasteiger partial charge in [-0.05, 0) is 57.4 Å². The highest BCUT2D eigenvalue weighted by molar-refractivity contribution is 9.10. The zero-order chi connectivity index (χ0) is 17.2. The highest BCUT2D eigenvalue weighted by Gasteiger charge is 2.12. The van der Waals surface area contributed by atoms with Crippen molar-refractivity contribution in [3.63, 3.8) is 0 Å². The van der Waals surface area contributed by atoms with Gasteiger partial charge >= 0.3 is 0 Å². The molecule has 4 rings (SSSR count). The molecule has 4 heteroatoms. The molecular formula is C21H14BrFOS. The van der Waals surface area contributed by atoms with Gasteiger partial charge in [-0.1, -0.05) is 42.5 Å². The fraction of sp³-hybridized carbons (Fsp3) is 0.0476. The van der Waals surface area contributed by atoms with E-state index in [0.717, 1.165) is 36.3 Å². The summed E-state index contributed by atoms with van der Waals surface area (Å²) in [6.07, 6.45) is 0. The van der Waals surface area contributed by atoms with E-state index in [-0.39, 0.29) is 5.82 Å². The van der Waals surface area contributed by atoms with Crippen molar-refractivity contribution in [3.05, 3.63) is 88.6 Å². The first-order valence-corrected chi connectivity index (χ1v) is 9.46. The smallest absolute Gasteiger partial charge is 0.123 e. The lowest BCUT2D eigenvalue weighted by Crippen LogP contribution is -1.94. The first kappa shape index (κ1) is 16.3. The van der Waals surface area contributed by atoms with Crippen molar-refractivity contribution in [1.82, 2.24) is 0 Å². The number of rotatable bonds is 4. The molecule has 1 nitrogen and oxygen atoms in total. The van der Waals surface area contributed by atoms with E-state index in [1.807, 2.05) is 36.4 Å². The molecule has 0 aliphatic heterocycles. The van der Waals surface area contributed by atoms with Crippen molar-refractivity contribution in [1.29, 1.82) is 0 Å². The Morgan fingerprint density at radius 3 is 2.44 bits per heavy atom. The Hall–Kier alpha value is -2.17. The van der Waals surface area contributed by atoms with E-state index in [0.29, 0.717) is 6.61 Å². The van der Waals surface area contributed by atoms with Crippen LogP contribution >= 0.6 is 27.3 Å². The maximum atomic E-state index is 13.2. The summed E-state index contributed by atoms with van der Waals surface area (Å²) < 4.78 is 21.2. The maximum Gasteiger partial charge on any atom is 0.123 e. The van der Waals surface area contributed by atoms with Crippen LogP contribution in [0.3, 0.4) is 0 Å². The summed E-state index contributed by atoms with van der Waals surface area (Å²) in [6, 6.07) is 22.8. The largest absolute Gasteiger partial charge is 0.489 e. The third kappa shape index (κ3) is 3.46. The molecule has 3 aromatic carbocycles. The molecule has 0 aliphatic carbocycles. The minimum Gasteiger partial charge on any atom is -0.489 e. The molecule has 0 atom stereocenters. The van der Waals surface area contributed by atoms with Crippen LogP contribution in [-0.2, 0) is 6.61 Å². The Kier molecular flexibility index (Phi) is 4.55. The van der Waals surface area contributed by atoms with Gasteiger partial charge in [0.25, 0.3) is 0 Å². The molecule has 1 heterocycles. The Morgan fingerprint density at radius 2 is 1.68 bits per heavy atom. The number of ether oxygens (including phenoxy) is 1. The van der Waals surface area contributed by atoms with E-state index in [9.17, 15) is 4.39 Å². The van der Waals surface area contributed by atoms with Gasteiger partial charge in [0.15, 0.2) is 0 Å². The van der Waals surface area contributed by atoms with Gasteiger partial charge in [0, 0.05) is 19.4 Å². The Balaban J connectivity index is 1.63. The van der Waals surface area contributed by atoms with E-state index in [4.69, 9.17) is 4.74 Å². The predicted octanol–water partition coefficient (Wildman–Crippen LogP) is 7.05. The van der Waals surface area contributed by atoms with Crippen LogP contribution in [0, 0.1) is 5.82 Å². The van der Waals surface area contributed by atoms with Crippen molar-refractivity contribution in [2.45, 2.75) is 6.61 Å². The Labute approximate surface area is 157 Å². The topological polar surface area (TPSA) is 9.23 Å². The molecule has 0 amide bonds. The molecule has 0 unspecified atom stereocenters. The average Bonchev–Trinajstić information content (AvgIpc) is 2.98. The van der Waals surface area contributed by atoms with Gasteiger partial charge in [0.05, 0.1) is 0 Å². The first-order valence-electron chi connectivity index (χ1n) is 7.85. The molecule has 4 aromatic rings.